The highest BCUT2D eigenvalue weighted by molar-refractivity contribution is 5.29. The third kappa shape index (κ3) is 2.64. The molecule has 9 atom stereocenters. The van der Waals surface area contributed by atoms with Gasteiger partial charge in [0, 0.05) is 11.8 Å². The molecule has 0 amide bonds. The molecule has 2 nitrogen and oxygen atoms in total. The van der Waals surface area contributed by atoms with Gasteiger partial charge in [0.15, 0.2) is 5.79 Å². The Hall–Kier alpha value is -0.0800. The van der Waals surface area contributed by atoms with Crippen LogP contribution in [-0.4, -0.2) is 19.0 Å². The average Bonchev–Trinajstić information content (AvgIpc) is 2.98. The fraction of sp³-hybridized carbons (Fsp3) is 1.00. The molecule has 1 aliphatic heterocycles. The molecule has 0 aromatic rings. The summed E-state index contributed by atoms with van der Waals surface area (Å²) in [7, 11) is 0. The first-order valence-electron chi connectivity index (χ1n) is 14.1. The molecule has 5 aliphatic carbocycles. The summed E-state index contributed by atoms with van der Waals surface area (Å²) < 4.78 is 13.3. The molecule has 2 heteroatoms. The van der Waals surface area contributed by atoms with E-state index in [1.165, 1.54) is 70.6 Å². The van der Waals surface area contributed by atoms with Crippen molar-refractivity contribution >= 4 is 0 Å². The molecule has 0 unspecified atom stereocenters. The second-order valence-corrected chi connectivity index (χ2v) is 13.9. The molecule has 0 aromatic heterocycles. The molecule has 1 saturated heterocycles. The molecule has 176 valence electrons. The van der Waals surface area contributed by atoms with Crippen LogP contribution in [0.15, 0.2) is 0 Å². The highest BCUT2D eigenvalue weighted by Crippen LogP contribution is 2.85. The fourth-order valence-corrected chi connectivity index (χ4v) is 11.2. The first-order chi connectivity index (χ1) is 14.8. The highest BCUT2D eigenvalue weighted by Gasteiger charge is 2.83. The lowest BCUT2D eigenvalue weighted by Crippen LogP contribution is -2.62. The van der Waals surface area contributed by atoms with Crippen LogP contribution in [0.4, 0.5) is 0 Å². The van der Waals surface area contributed by atoms with Crippen molar-refractivity contribution in [3.8, 4) is 0 Å². The lowest BCUT2D eigenvalue weighted by molar-refractivity contribution is -0.294. The van der Waals surface area contributed by atoms with Crippen LogP contribution in [0.5, 0.6) is 0 Å². The number of rotatable bonds is 5. The Morgan fingerprint density at radius 2 is 1.61 bits per heavy atom. The summed E-state index contributed by atoms with van der Waals surface area (Å²) in [5, 5.41) is 0. The van der Waals surface area contributed by atoms with E-state index in [0.29, 0.717) is 16.2 Å². The van der Waals surface area contributed by atoms with Crippen LogP contribution >= 0.6 is 0 Å². The third-order valence-corrected chi connectivity index (χ3v) is 12.5. The van der Waals surface area contributed by atoms with E-state index < -0.39 is 0 Å². The Kier molecular flexibility index (Phi) is 4.82. The summed E-state index contributed by atoms with van der Waals surface area (Å²) in [6, 6.07) is 0. The lowest BCUT2D eigenvalue weighted by atomic mass is 9.44. The molecule has 1 heterocycles. The standard InChI is InChI=1S/C29H48O2/c1-19(2)7-6-8-20(3)23-9-10-24-22-18-29(30-15-16-31-29)28-17-21(28)11-14-27(28,5)25(22)12-13-26(23,24)4/h19-25H,6-18H2,1-5H3/t20-,21-,22+,23-,24+,25+,26-,27-,28-/m1/s1. The fourth-order valence-electron chi connectivity index (χ4n) is 11.2. The largest absolute Gasteiger partial charge is 0.347 e. The molecule has 6 rings (SSSR count). The maximum absolute atomic E-state index is 6.66. The van der Waals surface area contributed by atoms with Gasteiger partial charge < -0.3 is 9.47 Å². The summed E-state index contributed by atoms with van der Waals surface area (Å²) in [5.74, 6) is 6.01. The molecule has 31 heavy (non-hydrogen) atoms. The first-order valence-corrected chi connectivity index (χ1v) is 14.1. The van der Waals surface area contributed by atoms with Gasteiger partial charge in [-0.05, 0) is 97.2 Å². The molecule has 0 bridgehead atoms. The van der Waals surface area contributed by atoms with Gasteiger partial charge in [-0.25, -0.2) is 0 Å². The Labute approximate surface area is 191 Å². The zero-order valence-electron chi connectivity index (χ0n) is 21.1. The third-order valence-electron chi connectivity index (χ3n) is 12.5. The molecular weight excluding hydrogens is 380 g/mol. The van der Waals surface area contributed by atoms with Crippen molar-refractivity contribution in [1.82, 2.24) is 0 Å². The van der Waals surface area contributed by atoms with Crippen LogP contribution in [0.1, 0.15) is 105 Å². The summed E-state index contributed by atoms with van der Waals surface area (Å²) in [6.45, 7) is 14.4. The van der Waals surface area contributed by atoms with Crippen molar-refractivity contribution in [3.05, 3.63) is 0 Å². The van der Waals surface area contributed by atoms with E-state index in [4.69, 9.17) is 9.47 Å². The highest BCUT2D eigenvalue weighted by atomic mass is 16.7. The van der Waals surface area contributed by atoms with Crippen LogP contribution in [0.25, 0.3) is 0 Å². The average molecular weight is 429 g/mol. The van der Waals surface area contributed by atoms with E-state index in [2.05, 4.69) is 34.6 Å². The summed E-state index contributed by atoms with van der Waals surface area (Å²) >= 11 is 0. The Balaban J connectivity index is 1.27. The minimum Gasteiger partial charge on any atom is -0.347 e. The second-order valence-electron chi connectivity index (χ2n) is 13.9. The maximum atomic E-state index is 6.66. The molecular formula is C29H48O2. The van der Waals surface area contributed by atoms with Gasteiger partial charge in [-0.1, -0.05) is 53.9 Å². The molecule has 2 spiro atoms. The van der Waals surface area contributed by atoms with E-state index in [1.54, 1.807) is 0 Å². The zero-order chi connectivity index (χ0) is 21.6. The van der Waals surface area contributed by atoms with Gasteiger partial charge in [0.2, 0.25) is 0 Å². The molecule has 6 fully saturated rings. The molecule has 5 saturated carbocycles. The lowest BCUT2D eigenvalue weighted by Gasteiger charge is -2.63. The molecule has 0 radical (unpaired) electrons. The van der Waals surface area contributed by atoms with E-state index >= 15 is 0 Å². The SMILES string of the molecule is CC(C)CCC[C@@H](C)[C@H]1CC[C@H]2[C@@H]3CC4(OCCO4)[C@]45C[C@H]4CC[C@]5(C)[C@H]3CC[C@]12C. The topological polar surface area (TPSA) is 18.5 Å². The van der Waals surface area contributed by atoms with Crippen molar-refractivity contribution < 1.29 is 9.47 Å². The van der Waals surface area contributed by atoms with Crippen LogP contribution < -0.4 is 0 Å². The minimum absolute atomic E-state index is 0.219. The molecule has 0 aromatic carbocycles. The number of hydrogen-bond acceptors (Lipinski definition) is 2. The van der Waals surface area contributed by atoms with Gasteiger partial charge >= 0.3 is 0 Å². The van der Waals surface area contributed by atoms with Gasteiger partial charge in [-0.2, -0.15) is 0 Å². The van der Waals surface area contributed by atoms with Gasteiger partial charge in [-0.15, -0.1) is 0 Å². The molecule has 0 N–H and O–H groups in total. The Morgan fingerprint density at radius 3 is 2.32 bits per heavy atom. The second kappa shape index (κ2) is 6.97. The van der Waals surface area contributed by atoms with E-state index in [-0.39, 0.29) is 5.79 Å². The number of fused-ring (bicyclic) bond motifs is 4. The van der Waals surface area contributed by atoms with Crippen LogP contribution in [0.3, 0.4) is 0 Å². The predicted molar refractivity (Wildman–Crippen MR) is 126 cm³/mol. The first kappa shape index (κ1) is 21.5. The van der Waals surface area contributed by atoms with Crippen LogP contribution in [0, 0.1) is 57.7 Å². The van der Waals surface area contributed by atoms with Gasteiger partial charge in [0.25, 0.3) is 0 Å². The smallest absolute Gasteiger partial charge is 0.175 e. The van der Waals surface area contributed by atoms with Crippen molar-refractivity contribution in [2.45, 2.75) is 111 Å². The minimum atomic E-state index is -0.219. The maximum Gasteiger partial charge on any atom is 0.175 e. The predicted octanol–water partition coefficient (Wildman–Crippen LogP) is 7.46. The van der Waals surface area contributed by atoms with E-state index in [1.807, 2.05) is 0 Å². The van der Waals surface area contributed by atoms with Crippen molar-refractivity contribution in [2.24, 2.45) is 57.7 Å². The van der Waals surface area contributed by atoms with Crippen molar-refractivity contribution in [2.75, 3.05) is 13.2 Å². The van der Waals surface area contributed by atoms with Crippen LogP contribution in [0.2, 0.25) is 0 Å². The number of ether oxygens (including phenoxy) is 2. The normalized spacial score (nSPS) is 52.6. The summed E-state index contributed by atoms with van der Waals surface area (Å²) in [6.07, 6.45) is 15.7. The Bertz CT molecular complexity index is 710. The van der Waals surface area contributed by atoms with Crippen molar-refractivity contribution in [3.63, 3.8) is 0 Å². The zero-order valence-corrected chi connectivity index (χ0v) is 21.1. The van der Waals surface area contributed by atoms with E-state index in [0.717, 1.165) is 54.6 Å². The van der Waals surface area contributed by atoms with Gasteiger partial charge in [0.05, 0.1) is 13.2 Å². The van der Waals surface area contributed by atoms with E-state index in [9.17, 15) is 0 Å². The van der Waals surface area contributed by atoms with Crippen molar-refractivity contribution in [1.29, 1.82) is 0 Å². The van der Waals surface area contributed by atoms with Gasteiger partial charge in [-0.3, -0.25) is 0 Å². The Morgan fingerprint density at radius 1 is 0.839 bits per heavy atom. The number of hydrogen-bond donors (Lipinski definition) is 0. The summed E-state index contributed by atoms with van der Waals surface area (Å²) in [5.41, 5.74) is 1.39. The quantitative estimate of drug-likeness (QED) is 0.452. The molecule has 6 aliphatic rings. The van der Waals surface area contributed by atoms with Gasteiger partial charge in [0.1, 0.15) is 0 Å². The van der Waals surface area contributed by atoms with Crippen LogP contribution in [-0.2, 0) is 9.47 Å². The monoisotopic (exact) mass is 428 g/mol. The summed E-state index contributed by atoms with van der Waals surface area (Å²) in [4.78, 5) is 0.